The van der Waals surface area contributed by atoms with Crippen molar-refractivity contribution < 1.29 is 14.7 Å². The average Bonchev–Trinajstić information content (AvgIpc) is 2.82. The normalized spacial score (nSPS) is 9.88. The van der Waals surface area contributed by atoms with Crippen LogP contribution in [0.3, 0.4) is 0 Å². The average molecular weight is 233 g/mol. The fraction of sp³-hybridized carbons (Fsp3) is 0. The van der Waals surface area contributed by atoms with Crippen LogP contribution in [0.25, 0.3) is 0 Å². The van der Waals surface area contributed by atoms with Gasteiger partial charge in [0.15, 0.2) is 0 Å². The summed E-state index contributed by atoms with van der Waals surface area (Å²) in [5, 5.41) is 23.6. The highest BCUT2D eigenvalue weighted by atomic mass is 16.4. The zero-order valence-electron chi connectivity index (χ0n) is 8.41. The Kier molecular flexibility index (Phi) is 2.77. The van der Waals surface area contributed by atoms with Crippen molar-refractivity contribution in [1.82, 2.24) is 20.6 Å². The molecule has 0 aliphatic carbocycles. The molecule has 2 rings (SSSR count). The number of carboxylic acid groups (broad SMARTS) is 1. The van der Waals surface area contributed by atoms with Crippen LogP contribution in [0.2, 0.25) is 0 Å². The van der Waals surface area contributed by atoms with Crippen LogP contribution in [0.15, 0.2) is 24.3 Å². The number of benzene rings is 1. The van der Waals surface area contributed by atoms with Crippen LogP contribution in [0.4, 0.5) is 5.69 Å². The summed E-state index contributed by atoms with van der Waals surface area (Å²) in [5.41, 5.74) is 0.426. The topological polar surface area (TPSA) is 121 Å². The zero-order valence-corrected chi connectivity index (χ0v) is 8.41. The van der Waals surface area contributed by atoms with Crippen molar-refractivity contribution >= 4 is 17.6 Å². The minimum atomic E-state index is -1.07. The lowest BCUT2D eigenvalue weighted by molar-refractivity contribution is 0.0696. The second-order valence-corrected chi connectivity index (χ2v) is 3.08. The molecule has 1 aromatic carbocycles. The summed E-state index contributed by atoms with van der Waals surface area (Å²) in [6, 6.07) is 5.84. The van der Waals surface area contributed by atoms with E-state index in [1.165, 1.54) is 18.2 Å². The number of anilines is 1. The third-order valence-corrected chi connectivity index (χ3v) is 1.92. The summed E-state index contributed by atoms with van der Waals surface area (Å²) >= 11 is 0. The predicted molar refractivity (Wildman–Crippen MR) is 55.5 cm³/mol. The molecule has 0 aliphatic rings. The van der Waals surface area contributed by atoms with E-state index in [1.807, 2.05) is 0 Å². The van der Waals surface area contributed by atoms with Gasteiger partial charge in [0, 0.05) is 5.69 Å². The van der Waals surface area contributed by atoms with Gasteiger partial charge in [0.25, 0.3) is 11.7 Å². The molecule has 3 N–H and O–H groups in total. The fourth-order valence-corrected chi connectivity index (χ4v) is 1.17. The number of carboxylic acids is 1. The van der Waals surface area contributed by atoms with Crippen LogP contribution in [-0.4, -0.2) is 37.6 Å². The minimum Gasteiger partial charge on any atom is -0.478 e. The number of rotatable bonds is 3. The van der Waals surface area contributed by atoms with E-state index in [9.17, 15) is 9.59 Å². The van der Waals surface area contributed by atoms with Gasteiger partial charge >= 0.3 is 5.97 Å². The number of hydrogen-bond acceptors (Lipinski definition) is 5. The molecule has 0 saturated carbocycles. The molecule has 0 bridgehead atoms. The van der Waals surface area contributed by atoms with Gasteiger partial charge in [-0.25, -0.2) is 4.79 Å². The highest BCUT2D eigenvalue weighted by Crippen LogP contribution is 2.11. The summed E-state index contributed by atoms with van der Waals surface area (Å²) in [7, 11) is 0. The van der Waals surface area contributed by atoms with Crippen LogP contribution in [0.5, 0.6) is 0 Å². The highest BCUT2D eigenvalue weighted by Gasteiger charge is 2.11. The number of hydrogen-bond donors (Lipinski definition) is 3. The number of nitrogens with one attached hydrogen (secondary N) is 2. The molecule has 0 radical (unpaired) electrons. The van der Waals surface area contributed by atoms with Gasteiger partial charge < -0.3 is 10.4 Å². The van der Waals surface area contributed by atoms with Gasteiger partial charge in [-0.15, -0.1) is 10.2 Å². The van der Waals surface area contributed by atoms with E-state index >= 15 is 0 Å². The number of carbonyl (C=O) groups excluding carboxylic acids is 1. The summed E-state index contributed by atoms with van der Waals surface area (Å²) in [4.78, 5) is 22.2. The first-order valence-corrected chi connectivity index (χ1v) is 4.55. The van der Waals surface area contributed by atoms with E-state index in [2.05, 4.69) is 25.9 Å². The smallest absolute Gasteiger partial charge is 0.335 e. The van der Waals surface area contributed by atoms with Gasteiger partial charge in [0.05, 0.1) is 5.56 Å². The second-order valence-electron chi connectivity index (χ2n) is 3.08. The Morgan fingerprint density at radius 3 is 2.82 bits per heavy atom. The van der Waals surface area contributed by atoms with Gasteiger partial charge in [-0.2, -0.15) is 5.21 Å². The number of H-pyrrole nitrogens is 1. The molecule has 1 heterocycles. The second kappa shape index (κ2) is 4.39. The third-order valence-electron chi connectivity index (χ3n) is 1.92. The first-order valence-electron chi connectivity index (χ1n) is 4.55. The molecule has 1 amide bonds. The fourth-order valence-electron chi connectivity index (χ4n) is 1.17. The third kappa shape index (κ3) is 2.43. The van der Waals surface area contributed by atoms with Gasteiger partial charge in [0.2, 0.25) is 0 Å². The van der Waals surface area contributed by atoms with Crippen molar-refractivity contribution in [3.8, 4) is 0 Å². The Morgan fingerprint density at radius 1 is 1.35 bits per heavy atom. The molecule has 8 heteroatoms. The Morgan fingerprint density at radius 2 is 2.18 bits per heavy atom. The minimum absolute atomic E-state index is 0.0795. The van der Waals surface area contributed by atoms with E-state index < -0.39 is 11.9 Å². The lowest BCUT2D eigenvalue weighted by Gasteiger charge is -2.02. The Balaban J connectivity index is 2.16. The maximum Gasteiger partial charge on any atom is 0.335 e. The lowest BCUT2D eigenvalue weighted by Crippen LogP contribution is -2.14. The maximum atomic E-state index is 11.5. The molecule has 8 nitrogen and oxygen atoms in total. The lowest BCUT2D eigenvalue weighted by atomic mass is 10.2. The van der Waals surface area contributed by atoms with E-state index in [0.717, 1.165) is 0 Å². The molecule has 2 aromatic rings. The molecule has 17 heavy (non-hydrogen) atoms. The molecule has 0 aliphatic heterocycles. The van der Waals surface area contributed by atoms with Crippen molar-refractivity contribution in [3.63, 3.8) is 0 Å². The number of aromatic carboxylic acids is 1. The van der Waals surface area contributed by atoms with Gasteiger partial charge in [-0.05, 0) is 23.4 Å². The summed E-state index contributed by atoms with van der Waals surface area (Å²) < 4.78 is 0. The van der Waals surface area contributed by atoms with Gasteiger partial charge in [0.1, 0.15) is 0 Å². The molecule has 86 valence electrons. The number of carbonyl (C=O) groups is 2. The molecule has 0 atom stereocenters. The predicted octanol–water partition coefficient (Wildman–Crippen LogP) is 0.150. The first kappa shape index (κ1) is 10.7. The maximum absolute atomic E-state index is 11.5. The van der Waals surface area contributed by atoms with Gasteiger partial charge in [-0.1, -0.05) is 6.07 Å². The molecule has 0 fully saturated rings. The summed E-state index contributed by atoms with van der Waals surface area (Å²) in [6.07, 6.45) is 0. The molecular weight excluding hydrogens is 226 g/mol. The van der Waals surface area contributed by atoms with Gasteiger partial charge in [-0.3, -0.25) is 4.79 Å². The molecule has 0 unspecified atom stereocenters. The Labute approximate surface area is 94.7 Å². The number of aromatic nitrogens is 4. The van der Waals surface area contributed by atoms with Crippen molar-refractivity contribution in [2.45, 2.75) is 0 Å². The van der Waals surface area contributed by atoms with Crippen LogP contribution in [0, 0.1) is 0 Å². The van der Waals surface area contributed by atoms with E-state index in [1.54, 1.807) is 6.07 Å². The number of tetrazole rings is 1. The van der Waals surface area contributed by atoms with Crippen molar-refractivity contribution in [2.75, 3.05) is 5.32 Å². The largest absolute Gasteiger partial charge is 0.478 e. The molecule has 0 spiro atoms. The first-order chi connectivity index (χ1) is 8.16. The quantitative estimate of drug-likeness (QED) is 0.693. The van der Waals surface area contributed by atoms with E-state index in [4.69, 9.17) is 5.11 Å². The molecule has 1 aromatic heterocycles. The molecule has 0 saturated heterocycles. The Bertz CT molecular complexity index is 552. The number of nitrogens with zero attached hydrogens (tertiary/aromatic N) is 3. The number of amides is 1. The monoisotopic (exact) mass is 233 g/mol. The molecular formula is C9H7N5O3. The van der Waals surface area contributed by atoms with E-state index in [-0.39, 0.29) is 11.4 Å². The highest BCUT2D eigenvalue weighted by molar-refractivity contribution is 6.02. The number of aromatic amines is 1. The van der Waals surface area contributed by atoms with Crippen LogP contribution in [-0.2, 0) is 0 Å². The van der Waals surface area contributed by atoms with Crippen LogP contribution in [0.1, 0.15) is 21.0 Å². The van der Waals surface area contributed by atoms with Crippen molar-refractivity contribution in [3.05, 3.63) is 35.7 Å². The van der Waals surface area contributed by atoms with Crippen molar-refractivity contribution in [2.24, 2.45) is 0 Å². The van der Waals surface area contributed by atoms with Crippen LogP contribution < -0.4 is 5.32 Å². The SMILES string of the molecule is O=C(O)c1cccc(NC(=O)c2nn[nH]n2)c1. The zero-order chi connectivity index (χ0) is 12.3. The van der Waals surface area contributed by atoms with E-state index in [0.29, 0.717) is 5.69 Å². The Hall–Kier alpha value is -2.77. The summed E-state index contributed by atoms with van der Waals surface area (Å²) in [5.74, 6) is -1.76. The summed E-state index contributed by atoms with van der Waals surface area (Å²) in [6.45, 7) is 0. The van der Waals surface area contributed by atoms with Crippen molar-refractivity contribution in [1.29, 1.82) is 0 Å². The standard InChI is InChI=1S/C9H7N5O3/c15-8(7-11-13-14-12-7)10-6-3-1-2-5(4-6)9(16)17/h1-4H,(H,10,15)(H,16,17)(H,11,12,13,14). The van der Waals surface area contributed by atoms with Crippen LogP contribution >= 0.6 is 0 Å².